The molecular formula is C20H23N3O4. The summed E-state index contributed by atoms with van der Waals surface area (Å²) >= 11 is 0. The van der Waals surface area contributed by atoms with Crippen LogP contribution in [0.25, 0.3) is 0 Å². The van der Waals surface area contributed by atoms with Crippen molar-refractivity contribution < 1.29 is 14.7 Å². The van der Waals surface area contributed by atoms with Crippen LogP contribution in [0, 0.1) is 12.8 Å². The predicted octanol–water partition coefficient (Wildman–Crippen LogP) is 1.59. The molecule has 2 aromatic rings. The molecule has 2 aromatic heterocycles. The van der Waals surface area contributed by atoms with E-state index in [1.54, 1.807) is 37.6 Å². The Labute approximate surface area is 157 Å². The lowest BCUT2D eigenvalue weighted by molar-refractivity contribution is -0.141. The molecule has 7 heteroatoms. The van der Waals surface area contributed by atoms with Gasteiger partial charge in [0.1, 0.15) is 5.56 Å². The first-order valence-corrected chi connectivity index (χ1v) is 8.96. The predicted molar refractivity (Wildman–Crippen MR) is 99.8 cm³/mol. The minimum absolute atomic E-state index is 0.0822. The van der Waals surface area contributed by atoms with Crippen molar-refractivity contribution in [2.24, 2.45) is 13.0 Å². The quantitative estimate of drug-likeness (QED) is 0.884. The molecule has 1 aliphatic rings. The van der Waals surface area contributed by atoms with Crippen molar-refractivity contribution in [3.63, 3.8) is 0 Å². The molecule has 142 valence electrons. The van der Waals surface area contributed by atoms with Crippen LogP contribution in [0.2, 0.25) is 0 Å². The van der Waals surface area contributed by atoms with Crippen molar-refractivity contribution in [1.29, 1.82) is 0 Å². The number of nitrogens with zero attached hydrogens (tertiary/aromatic N) is 3. The number of carboxylic acid groups (broad SMARTS) is 1. The van der Waals surface area contributed by atoms with Gasteiger partial charge in [-0.05, 0) is 42.7 Å². The Hall–Kier alpha value is -2.96. The molecule has 0 saturated carbocycles. The highest BCUT2D eigenvalue weighted by Gasteiger charge is 2.41. The summed E-state index contributed by atoms with van der Waals surface area (Å²) in [6.07, 6.45) is 3.92. The second-order valence-corrected chi connectivity index (χ2v) is 6.95. The van der Waals surface area contributed by atoms with Crippen LogP contribution >= 0.6 is 0 Å². The largest absolute Gasteiger partial charge is 0.481 e. The lowest BCUT2D eigenvalue weighted by Gasteiger charge is -2.18. The number of aryl methyl sites for hydroxylation is 1. The van der Waals surface area contributed by atoms with E-state index in [-0.39, 0.29) is 30.1 Å². The van der Waals surface area contributed by atoms with E-state index in [1.165, 1.54) is 9.47 Å². The molecule has 3 heterocycles. The van der Waals surface area contributed by atoms with Crippen LogP contribution in [0.3, 0.4) is 0 Å². The third-order valence-corrected chi connectivity index (χ3v) is 5.38. The zero-order valence-electron chi connectivity index (χ0n) is 15.7. The molecule has 0 radical (unpaired) electrons. The Morgan fingerprint density at radius 2 is 1.93 bits per heavy atom. The van der Waals surface area contributed by atoms with E-state index < -0.39 is 17.8 Å². The smallest absolute Gasteiger partial charge is 0.308 e. The van der Waals surface area contributed by atoms with Crippen LogP contribution in [-0.4, -0.2) is 44.5 Å². The van der Waals surface area contributed by atoms with Crippen LogP contribution in [0.15, 0.2) is 35.4 Å². The van der Waals surface area contributed by atoms with Crippen molar-refractivity contribution in [3.05, 3.63) is 63.3 Å². The fourth-order valence-corrected chi connectivity index (χ4v) is 3.94. The molecule has 0 aliphatic carbocycles. The van der Waals surface area contributed by atoms with Gasteiger partial charge in [0, 0.05) is 44.1 Å². The summed E-state index contributed by atoms with van der Waals surface area (Å²) in [5.74, 6) is -2.40. The number of carbonyl (C=O) groups is 2. The summed E-state index contributed by atoms with van der Waals surface area (Å²) in [5.41, 5.74) is 2.34. The Balaban J connectivity index is 1.95. The van der Waals surface area contributed by atoms with Crippen molar-refractivity contribution in [2.45, 2.75) is 26.2 Å². The van der Waals surface area contributed by atoms with Gasteiger partial charge < -0.3 is 14.6 Å². The van der Waals surface area contributed by atoms with Crippen molar-refractivity contribution in [2.75, 3.05) is 13.1 Å². The molecule has 1 saturated heterocycles. The highest BCUT2D eigenvalue weighted by Crippen LogP contribution is 2.33. The molecule has 27 heavy (non-hydrogen) atoms. The normalized spacial score (nSPS) is 19.3. The summed E-state index contributed by atoms with van der Waals surface area (Å²) in [6, 6.07) is 5.17. The van der Waals surface area contributed by atoms with Gasteiger partial charge in [0.15, 0.2) is 0 Å². The van der Waals surface area contributed by atoms with Gasteiger partial charge in [0.25, 0.3) is 11.5 Å². The number of hydrogen-bond acceptors (Lipinski definition) is 4. The molecule has 2 atom stereocenters. The molecule has 3 rings (SSSR count). The average Bonchev–Trinajstić information content (AvgIpc) is 3.11. The van der Waals surface area contributed by atoms with E-state index in [4.69, 9.17) is 0 Å². The maximum absolute atomic E-state index is 13.0. The number of aromatic nitrogens is 2. The minimum Gasteiger partial charge on any atom is -0.481 e. The Morgan fingerprint density at radius 3 is 2.52 bits per heavy atom. The van der Waals surface area contributed by atoms with Crippen molar-refractivity contribution in [3.8, 4) is 0 Å². The number of pyridine rings is 2. The van der Waals surface area contributed by atoms with Crippen LogP contribution < -0.4 is 5.56 Å². The standard InChI is InChI=1S/C20H23N3O4/c1-4-17-12(2)9-14(18(24)22(17)3)19(25)23-10-15(16(11-23)20(26)27)13-5-7-21-8-6-13/h5-9,15-16H,4,10-11H2,1-3H3,(H,26,27)/t15-,16+/m0/s1. The third-order valence-electron chi connectivity index (χ3n) is 5.38. The second kappa shape index (κ2) is 7.34. The molecule has 1 aliphatic heterocycles. The lowest BCUT2D eigenvalue weighted by atomic mass is 9.90. The number of aliphatic carboxylic acids is 1. The number of amides is 1. The maximum atomic E-state index is 13.0. The van der Waals surface area contributed by atoms with E-state index in [0.29, 0.717) is 6.42 Å². The summed E-state index contributed by atoms with van der Waals surface area (Å²) in [6.45, 7) is 4.18. The summed E-state index contributed by atoms with van der Waals surface area (Å²) in [7, 11) is 1.66. The van der Waals surface area contributed by atoms with Crippen LogP contribution in [0.4, 0.5) is 0 Å². The molecule has 1 fully saturated rings. The van der Waals surface area contributed by atoms with Gasteiger partial charge in [0.05, 0.1) is 5.92 Å². The van der Waals surface area contributed by atoms with Gasteiger partial charge in [-0.15, -0.1) is 0 Å². The van der Waals surface area contributed by atoms with Crippen LogP contribution in [-0.2, 0) is 18.3 Å². The van der Waals surface area contributed by atoms with E-state index >= 15 is 0 Å². The van der Waals surface area contributed by atoms with Gasteiger partial charge in [0.2, 0.25) is 0 Å². The van der Waals surface area contributed by atoms with Gasteiger partial charge in [-0.25, -0.2) is 0 Å². The fourth-order valence-electron chi connectivity index (χ4n) is 3.94. The first-order valence-electron chi connectivity index (χ1n) is 8.96. The van der Waals surface area contributed by atoms with E-state index in [1.807, 2.05) is 13.8 Å². The zero-order chi connectivity index (χ0) is 19.7. The first-order chi connectivity index (χ1) is 12.8. The van der Waals surface area contributed by atoms with Gasteiger partial charge in [-0.3, -0.25) is 19.4 Å². The molecular weight excluding hydrogens is 346 g/mol. The van der Waals surface area contributed by atoms with E-state index in [0.717, 1.165) is 16.8 Å². The fraction of sp³-hybridized carbons (Fsp3) is 0.400. The Kier molecular flexibility index (Phi) is 5.12. The Bertz CT molecular complexity index is 936. The minimum atomic E-state index is -0.947. The molecule has 0 unspecified atom stereocenters. The van der Waals surface area contributed by atoms with E-state index in [2.05, 4.69) is 4.98 Å². The lowest BCUT2D eigenvalue weighted by Crippen LogP contribution is -2.36. The molecule has 1 N–H and O–H groups in total. The Morgan fingerprint density at radius 1 is 1.26 bits per heavy atom. The number of rotatable bonds is 4. The summed E-state index contributed by atoms with van der Waals surface area (Å²) in [5, 5.41) is 9.61. The summed E-state index contributed by atoms with van der Waals surface area (Å²) < 4.78 is 1.51. The summed E-state index contributed by atoms with van der Waals surface area (Å²) in [4.78, 5) is 42.9. The molecule has 7 nitrogen and oxygen atoms in total. The third kappa shape index (κ3) is 3.37. The number of carbonyl (C=O) groups excluding carboxylic acids is 1. The topological polar surface area (TPSA) is 92.5 Å². The highest BCUT2D eigenvalue weighted by atomic mass is 16.4. The average molecular weight is 369 g/mol. The number of carboxylic acids is 1. The SMILES string of the molecule is CCc1c(C)cc(C(=O)N2C[C@@H](C(=O)O)[C@H](c3ccncc3)C2)c(=O)n1C. The first kappa shape index (κ1) is 18.8. The van der Waals surface area contributed by atoms with Crippen LogP contribution in [0.1, 0.15) is 40.0 Å². The zero-order valence-corrected chi connectivity index (χ0v) is 15.7. The monoisotopic (exact) mass is 369 g/mol. The number of likely N-dealkylation sites (tertiary alicyclic amines) is 1. The number of hydrogen-bond donors (Lipinski definition) is 1. The molecule has 0 bridgehead atoms. The van der Waals surface area contributed by atoms with Crippen molar-refractivity contribution in [1.82, 2.24) is 14.5 Å². The molecule has 1 amide bonds. The molecule has 0 spiro atoms. The van der Waals surface area contributed by atoms with Crippen molar-refractivity contribution >= 4 is 11.9 Å². The molecule has 0 aromatic carbocycles. The van der Waals surface area contributed by atoms with Gasteiger partial charge in [-0.1, -0.05) is 6.92 Å². The van der Waals surface area contributed by atoms with Gasteiger partial charge >= 0.3 is 5.97 Å². The maximum Gasteiger partial charge on any atom is 0.308 e. The highest BCUT2D eigenvalue weighted by molar-refractivity contribution is 5.95. The van der Waals surface area contributed by atoms with Gasteiger partial charge in [-0.2, -0.15) is 0 Å². The second-order valence-electron chi connectivity index (χ2n) is 6.95. The van der Waals surface area contributed by atoms with E-state index in [9.17, 15) is 19.5 Å². The van der Waals surface area contributed by atoms with Crippen LogP contribution in [0.5, 0.6) is 0 Å².